The Balaban J connectivity index is 1.90. The maximum absolute atomic E-state index is 11.7. The van der Waals surface area contributed by atoms with Crippen molar-refractivity contribution in [2.24, 2.45) is 5.92 Å². The minimum Gasteiger partial charge on any atom is -0.466 e. The molecule has 0 aromatic heterocycles. The van der Waals surface area contributed by atoms with Crippen LogP contribution in [0.3, 0.4) is 0 Å². The van der Waals surface area contributed by atoms with E-state index in [0.717, 1.165) is 25.7 Å². The standard InChI is InChI=1S/C23H35NO6/c1-3-19(2)22(26)29-18-15-24-23(27)30-16-9-5-8-14-21(25)28-17-10-13-20-11-6-4-7-12-20/h4,6-7,11-12,19H,3,5,8-10,13-18H2,1-2H3,(H,24,27). The monoisotopic (exact) mass is 421 g/mol. The number of hydrogen-bond acceptors (Lipinski definition) is 6. The smallest absolute Gasteiger partial charge is 0.407 e. The van der Waals surface area contributed by atoms with Gasteiger partial charge in [0.2, 0.25) is 0 Å². The molecule has 1 rings (SSSR count). The van der Waals surface area contributed by atoms with Gasteiger partial charge in [0.1, 0.15) is 6.61 Å². The molecule has 0 aliphatic heterocycles. The van der Waals surface area contributed by atoms with E-state index in [0.29, 0.717) is 25.9 Å². The van der Waals surface area contributed by atoms with E-state index in [1.807, 2.05) is 25.1 Å². The van der Waals surface area contributed by atoms with Gasteiger partial charge in [-0.1, -0.05) is 44.2 Å². The van der Waals surface area contributed by atoms with Crippen molar-refractivity contribution in [3.8, 4) is 0 Å². The first-order chi connectivity index (χ1) is 14.5. The van der Waals surface area contributed by atoms with Crippen LogP contribution < -0.4 is 5.32 Å². The van der Waals surface area contributed by atoms with E-state index in [9.17, 15) is 14.4 Å². The minimum absolute atomic E-state index is 0.131. The van der Waals surface area contributed by atoms with Gasteiger partial charge < -0.3 is 19.5 Å². The van der Waals surface area contributed by atoms with E-state index in [2.05, 4.69) is 17.4 Å². The molecule has 0 radical (unpaired) electrons. The Morgan fingerprint density at radius 3 is 2.37 bits per heavy atom. The number of carbonyl (C=O) groups is 3. The van der Waals surface area contributed by atoms with Crippen molar-refractivity contribution < 1.29 is 28.6 Å². The number of carbonyl (C=O) groups excluding carboxylic acids is 3. The molecule has 0 aliphatic carbocycles. The summed E-state index contributed by atoms with van der Waals surface area (Å²) in [4.78, 5) is 34.7. The molecule has 0 saturated heterocycles. The van der Waals surface area contributed by atoms with Gasteiger partial charge in [-0.2, -0.15) is 0 Å². The van der Waals surface area contributed by atoms with Gasteiger partial charge >= 0.3 is 18.0 Å². The summed E-state index contributed by atoms with van der Waals surface area (Å²) in [5, 5.41) is 2.53. The molecule has 0 fully saturated rings. The van der Waals surface area contributed by atoms with Crippen molar-refractivity contribution >= 4 is 18.0 Å². The molecule has 0 spiro atoms. The van der Waals surface area contributed by atoms with E-state index in [-0.39, 0.29) is 37.6 Å². The van der Waals surface area contributed by atoms with E-state index in [1.165, 1.54) is 5.56 Å². The summed E-state index contributed by atoms with van der Waals surface area (Å²) in [6, 6.07) is 10.1. The maximum atomic E-state index is 11.7. The number of esters is 2. The first kappa shape index (κ1) is 25.5. The Bertz CT molecular complexity index is 619. The highest BCUT2D eigenvalue weighted by Gasteiger charge is 2.11. The Labute approximate surface area is 179 Å². The van der Waals surface area contributed by atoms with Crippen molar-refractivity contribution in [1.82, 2.24) is 5.32 Å². The fourth-order valence-electron chi connectivity index (χ4n) is 2.56. The number of aryl methyl sites for hydroxylation is 1. The van der Waals surface area contributed by atoms with Gasteiger partial charge in [0.05, 0.1) is 25.7 Å². The molecule has 1 aromatic carbocycles. The maximum Gasteiger partial charge on any atom is 0.407 e. The summed E-state index contributed by atoms with van der Waals surface area (Å²) < 4.78 is 15.3. The average molecular weight is 422 g/mol. The second-order valence-corrected chi connectivity index (χ2v) is 7.16. The van der Waals surface area contributed by atoms with E-state index in [1.54, 1.807) is 6.92 Å². The third-order valence-corrected chi connectivity index (χ3v) is 4.60. The van der Waals surface area contributed by atoms with Gasteiger partial charge in [0.15, 0.2) is 0 Å². The normalized spacial score (nSPS) is 11.4. The van der Waals surface area contributed by atoms with E-state index in [4.69, 9.17) is 14.2 Å². The molecule has 168 valence electrons. The van der Waals surface area contributed by atoms with Crippen molar-refractivity contribution in [2.75, 3.05) is 26.4 Å². The molecule has 1 unspecified atom stereocenters. The molecule has 7 heteroatoms. The number of rotatable bonds is 15. The SMILES string of the molecule is CCC(C)C(=O)OCCNC(=O)OCCCCCC(=O)OCCCc1ccccc1. The number of unbranched alkanes of at least 4 members (excludes halogenated alkanes) is 2. The van der Waals surface area contributed by atoms with Crippen LogP contribution in [-0.4, -0.2) is 44.4 Å². The summed E-state index contributed by atoms with van der Waals surface area (Å²) in [5.41, 5.74) is 1.24. The third kappa shape index (κ3) is 12.8. The fourth-order valence-corrected chi connectivity index (χ4v) is 2.56. The van der Waals surface area contributed by atoms with Crippen molar-refractivity contribution in [3.63, 3.8) is 0 Å². The lowest BCUT2D eigenvalue weighted by Crippen LogP contribution is -2.29. The molecule has 0 bridgehead atoms. The van der Waals surface area contributed by atoms with Gasteiger partial charge in [0, 0.05) is 6.42 Å². The largest absolute Gasteiger partial charge is 0.466 e. The quantitative estimate of drug-likeness (QED) is 0.261. The molecule has 1 amide bonds. The van der Waals surface area contributed by atoms with Crippen LogP contribution in [0.4, 0.5) is 4.79 Å². The lowest BCUT2D eigenvalue weighted by atomic mass is 10.1. The molecule has 30 heavy (non-hydrogen) atoms. The van der Waals surface area contributed by atoms with Crippen LogP contribution in [0, 0.1) is 5.92 Å². The number of hydrogen-bond donors (Lipinski definition) is 1. The summed E-state index contributed by atoms with van der Waals surface area (Å²) >= 11 is 0. The Kier molecular flexibility index (Phi) is 13.8. The van der Waals surface area contributed by atoms with Crippen molar-refractivity contribution in [2.45, 2.75) is 58.8 Å². The van der Waals surface area contributed by atoms with Crippen LogP contribution >= 0.6 is 0 Å². The molecule has 1 atom stereocenters. The minimum atomic E-state index is -0.535. The van der Waals surface area contributed by atoms with E-state index >= 15 is 0 Å². The Morgan fingerprint density at radius 1 is 0.900 bits per heavy atom. The third-order valence-electron chi connectivity index (χ3n) is 4.60. The zero-order chi connectivity index (χ0) is 22.0. The number of benzene rings is 1. The van der Waals surface area contributed by atoms with Crippen LogP contribution in [-0.2, 0) is 30.2 Å². The molecular weight excluding hydrogens is 386 g/mol. The fraction of sp³-hybridized carbons (Fsp3) is 0.609. The second-order valence-electron chi connectivity index (χ2n) is 7.16. The molecule has 1 aromatic rings. The van der Waals surface area contributed by atoms with Gasteiger partial charge in [-0.05, 0) is 44.1 Å². The first-order valence-corrected chi connectivity index (χ1v) is 10.8. The summed E-state index contributed by atoms with van der Waals surface area (Å²) in [6.07, 6.45) is 4.43. The van der Waals surface area contributed by atoms with Crippen LogP contribution in [0.15, 0.2) is 30.3 Å². The molecule has 7 nitrogen and oxygen atoms in total. The van der Waals surface area contributed by atoms with Crippen LogP contribution in [0.1, 0.15) is 57.9 Å². The highest BCUT2D eigenvalue weighted by Crippen LogP contribution is 2.05. The zero-order valence-corrected chi connectivity index (χ0v) is 18.2. The molecule has 1 N–H and O–H groups in total. The average Bonchev–Trinajstić information content (AvgIpc) is 2.76. The predicted molar refractivity (Wildman–Crippen MR) is 114 cm³/mol. The van der Waals surface area contributed by atoms with Gasteiger partial charge in [-0.3, -0.25) is 9.59 Å². The lowest BCUT2D eigenvalue weighted by Gasteiger charge is -2.10. The first-order valence-electron chi connectivity index (χ1n) is 10.8. The number of ether oxygens (including phenoxy) is 3. The zero-order valence-electron chi connectivity index (χ0n) is 18.2. The summed E-state index contributed by atoms with van der Waals surface area (Å²) in [6.45, 7) is 4.78. The topological polar surface area (TPSA) is 90.9 Å². The van der Waals surface area contributed by atoms with Gasteiger partial charge in [-0.25, -0.2) is 4.79 Å². The molecule has 0 saturated carbocycles. The van der Waals surface area contributed by atoms with E-state index < -0.39 is 6.09 Å². The van der Waals surface area contributed by atoms with Crippen molar-refractivity contribution in [3.05, 3.63) is 35.9 Å². The molecule has 0 heterocycles. The number of amides is 1. The molecular formula is C23H35NO6. The van der Waals surface area contributed by atoms with Crippen LogP contribution in [0.5, 0.6) is 0 Å². The second kappa shape index (κ2) is 16.3. The summed E-state index contributed by atoms with van der Waals surface area (Å²) in [5.74, 6) is -0.584. The lowest BCUT2D eigenvalue weighted by molar-refractivity contribution is -0.148. The van der Waals surface area contributed by atoms with Gasteiger partial charge in [-0.15, -0.1) is 0 Å². The predicted octanol–water partition coefficient (Wildman–Crippen LogP) is 4.04. The highest BCUT2D eigenvalue weighted by atomic mass is 16.6. The highest BCUT2D eigenvalue weighted by molar-refractivity contribution is 5.72. The number of alkyl carbamates (subject to hydrolysis) is 1. The Hall–Kier alpha value is -2.57. The Morgan fingerprint density at radius 2 is 1.63 bits per heavy atom. The number of nitrogens with one attached hydrogen (secondary N) is 1. The van der Waals surface area contributed by atoms with Crippen LogP contribution in [0.25, 0.3) is 0 Å². The van der Waals surface area contributed by atoms with Crippen LogP contribution in [0.2, 0.25) is 0 Å². The molecule has 0 aliphatic rings. The van der Waals surface area contributed by atoms with Crippen molar-refractivity contribution in [1.29, 1.82) is 0 Å². The summed E-state index contributed by atoms with van der Waals surface area (Å²) in [7, 11) is 0. The van der Waals surface area contributed by atoms with Gasteiger partial charge in [0.25, 0.3) is 0 Å².